The van der Waals surface area contributed by atoms with Crippen molar-refractivity contribution in [3.8, 4) is 0 Å². The Hall–Kier alpha value is -1.89. The van der Waals surface area contributed by atoms with Crippen molar-refractivity contribution in [3.63, 3.8) is 0 Å². The number of aryl methyl sites for hydroxylation is 1. The summed E-state index contributed by atoms with van der Waals surface area (Å²) in [5, 5.41) is 12.7. The molecule has 7 nitrogen and oxygen atoms in total. The van der Waals surface area contributed by atoms with Gasteiger partial charge in [-0.15, -0.1) is 0 Å². The average molecular weight is 295 g/mol. The topological polar surface area (TPSA) is 84.7 Å². The highest BCUT2D eigenvalue weighted by atomic mass is 16.5. The number of rotatable bonds is 7. The van der Waals surface area contributed by atoms with Crippen LogP contribution in [0.25, 0.3) is 0 Å². The van der Waals surface area contributed by atoms with E-state index in [0.29, 0.717) is 26.2 Å². The number of hydrogen-bond donors (Lipinski definition) is 1. The molecule has 2 rings (SSSR count). The van der Waals surface area contributed by atoms with E-state index in [4.69, 9.17) is 9.84 Å². The predicted molar refractivity (Wildman–Crippen MR) is 77.6 cm³/mol. The second-order valence-electron chi connectivity index (χ2n) is 5.08. The van der Waals surface area contributed by atoms with E-state index in [9.17, 15) is 9.59 Å². The summed E-state index contributed by atoms with van der Waals surface area (Å²) in [5.41, 5.74) is 0.725. The number of carbonyl (C=O) groups is 1. The third-order valence-electron chi connectivity index (χ3n) is 3.49. The molecule has 2 heterocycles. The number of unbranched alkanes of at least 4 members (excludes halogenated alkanes) is 2. The highest BCUT2D eigenvalue weighted by molar-refractivity contribution is 5.66. The minimum Gasteiger partial charge on any atom is -0.481 e. The Kier molecular flexibility index (Phi) is 5.74. The Morgan fingerprint density at radius 2 is 2.05 bits per heavy atom. The summed E-state index contributed by atoms with van der Waals surface area (Å²) < 4.78 is 6.72. The first-order valence-electron chi connectivity index (χ1n) is 7.28. The van der Waals surface area contributed by atoms with E-state index >= 15 is 0 Å². The fourth-order valence-electron chi connectivity index (χ4n) is 2.30. The van der Waals surface area contributed by atoms with Gasteiger partial charge in [0.25, 0.3) is 5.56 Å². The zero-order valence-corrected chi connectivity index (χ0v) is 12.0. The van der Waals surface area contributed by atoms with Gasteiger partial charge in [0.1, 0.15) is 0 Å². The molecule has 0 radical (unpaired) electrons. The number of carboxylic acids is 1. The molecular weight excluding hydrogens is 274 g/mol. The van der Waals surface area contributed by atoms with Gasteiger partial charge in [-0.05, 0) is 12.8 Å². The zero-order chi connectivity index (χ0) is 15.1. The molecule has 116 valence electrons. The average Bonchev–Trinajstić information content (AvgIpc) is 2.49. The van der Waals surface area contributed by atoms with E-state index in [2.05, 4.69) is 10.00 Å². The van der Waals surface area contributed by atoms with Crippen LogP contribution in [0.2, 0.25) is 0 Å². The van der Waals surface area contributed by atoms with E-state index < -0.39 is 5.97 Å². The second kappa shape index (κ2) is 7.78. The monoisotopic (exact) mass is 295 g/mol. The molecule has 1 aliphatic rings. The Labute approximate surface area is 123 Å². The zero-order valence-electron chi connectivity index (χ0n) is 12.0. The SMILES string of the molecule is O=C(O)CCCCCn1ncc(N2CCOCC2)cc1=O. The smallest absolute Gasteiger partial charge is 0.303 e. The molecule has 7 heteroatoms. The van der Waals surface area contributed by atoms with Crippen LogP contribution < -0.4 is 10.5 Å². The number of morpholine rings is 1. The molecule has 0 saturated carbocycles. The summed E-state index contributed by atoms with van der Waals surface area (Å²) in [4.78, 5) is 24.5. The Morgan fingerprint density at radius 1 is 1.29 bits per heavy atom. The van der Waals surface area contributed by atoms with Gasteiger partial charge < -0.3 is 14.7 Å². The molecule has 1 aromatic heterocycles. The summed E-state index contributed by atoms with van der Waals surface area (Å²) in [6.07, 6.45) is 4.07. The van der Waals surface area contributed by atoms with Gasteiger partial charge in [0.2, 0.25) is 0 Å². The van der Waals surface area contributed by atoms with Gasteiger partial charge in [-0.3, -0.25) is 9.59 Å². The summed E-state index contributed by atoms with van der Waals surface area (Å²) >= 11 is 0. The van der Waals surface area contributed by atoms with E-state index in [1.807, 2.05) is 0 Å². The van der Waals surface area contributed by atoms with Crippen molar-refractivity contribution in [1.29, 1.82) is 0 Å². The molecule has 0 amide bonds. The van der Waals surface area contributed by atoms with Gasteiger partial charge in [-0.2, -0.15) is 5.10 Å². The minimum absolute atomic E-state index is 0.114. The van der Waals surface area contributed by atoms with Crippen LogP contribution in [0.3, 0.4) is 0 Å². The van der Waals surface area contributed by atoms with Crippen molar-refractivity contribution >= 4 is 11.7 Å². The van der Waals surface area contributed by atoms with Crippen molar-refractivity contribution in [1.82, 2.24) is 9.78 Å². The molecule has 0 spiro atoms. The van der Waals surface area contributed by atoms with Crippen molar-refractivity contribution in [2.75, 3.05) is 31.2 Å². The van der Waals surface area contributed by atoms with E-state index in [0.717, 1.165) is 31.6 Å². The lowest BCUT2D eigenvalue weighted by Gasteiger charge is -2.28. The van der Waals surface area contributed by atoms with Crippen LogP contribution in [0.15, 0.2) is 17.1 Å². The molecule has 1 aliphatic heterocycles. The Balaban J connectivity index is 1.84. The molecule has 0 unspecified atom stereocenters. The van der Waals surface area contributed by atoms with Crippen LogP contribution in [0.5, 0.6) is 0 Å². The number of ether oxygens (including phenoxy) is 1. The summed E-state index contributed by atoms with van der Waals surface area (Å²) in [6, 6.07) is 1.61. The molecule has 1 aromatic rings. The lowest BCUT2D eigenvalue weighted by Crippen LogP contribution is -2.37. The first-order valence-corrected chi connectivity index (χ1v) is 7.28. The third kappa shape index (κ3) is 4.86. The molecule has 1 N–H and O–H groups in total. The van der Waals surface area contributed by atoms with E-state index in [-0.39, 0.29) is 12.0 Å². The first kappa shape index (κ1) is 15.5. The molecule has 0 aliphatic carbocycles. The third-order valence-corrected chi connectivity index (χ3v) is 3.49. The van der Waals surface area contributed by atoms with Gasteiger partial charge in [0, 0.05) is 32.1 Å². The maximum atomic E-state index is 12.0. The summed E-state index contributed by atoms with van der Waals surface area (Å²) in [5.74, 6) is -0.778. The van der Waals surface area contributed by atoms with Gasteiger partial charge >= 0.3 is 5.97 Å². The minimum atomic E-state index is -0.778. The summed E-state index contributed by atoms with van der Waals surface area (Å²) in [6.45, 7) is 3.43. The highest BCUT2D eigenvalue weighted by Crippen LogP contribution is 2.11. The number of nitrogens with zero attached hydrogens (tertiary/aromatic N) is 3. The van der Waals surface area contributed by atoms with Gasteiger partial charge in [0.15, 0.2) is 0 Å². The van der Waals surface area contributed by atoms with E-state index in [1.54, 1.807) is 12.3 Å². The largest absolute Gasteiger partial charge is 0.481 e. The van der Waals surface area contributed by atoms with Crippen LogP contribution in [0, 0.1) is 0 Å². The standard InChI is InChI=1S/C14H21N3O4/c18-13-10-12(16-6-8-21-9-7-16)11-15-17(13)5-3-1-2-4-14(19)20/h10-11H,1-9H2,(H,19,20). The van der Waals surface area contributed by atoms with Crippen molar-refractivity contribution in [3.05, 3.63) is 22.6 Å². The number of aliphatic carboxylic acids is 1. The maximum absolute atomic E-state index is 12.0. The van der Waals surface area contributed by atoms with Crippen LogP contribution in [-0.2, 0) is 16.1 Å². The lowest BCUT2D eigenvalue weighted by molar-refractivity contribution is -0.137. The van der Waals surface area contributed by atoms with Crippen LogP contribution in [0.1, 0.15) is 25.7 Å². The molecule has 1 fully saturated rings. The number of hydrogen-bond acceptors (Lipinski definition) is 5. The first-order chi connectivity index (χ1) is 10.2. The Bertz CT molecular complexity index is 523. The fourth-order valence-corrected chi connectivity index (χ4v) is 2.30. The lowest BCUT2D eigenvalue weighted by atomic mass is 10.2. The summed E-state index contributed by atoms with van der Waals surface area (Å²) in [7, 11) is 0. The fraction of sp³-hybridized carbons (Fsp3) is 0.643. The molecule has 1 saturated heterocycles. The second-order valence-corrected chi connectivity index (χ2v) is 5.08. The number of aromatic nitrogens is 2. The highest BCUT2D eigenvalue weighted by Gasteiger charge is 2.12. The van der Waals surface area contributed by atoms with Crippen molar-refractivity contribution < 1.29 is 14.6 Å². The predicted octanol–water partition coefficient (Wildman–Crippen LogP) is 0.725. The van der Waals surface area contributed by atoms with Crippen molar-refractivity contribution in [2.24, 2.45) is 0 Å². The van der Waals surface area contributed by atoms with Crippen molar-refractivity contribution in [2.45, 2.75) is 32.2 Å². The molecule has 0 bridgehead atoms. The molecule has 21 heavy (non-hydrogen) atoms. The molecule has 0 aromatic carbocycles. The number of anilines is 1. The maximum Gasteiger partial charge on any atom is 0.303 e. The van der Waals surface area contributed by atoms with Crippen LogP contribution in [-0.4, -0.2) is 47.2 Å². The number of carboxylic acid groups (broad SMARTS) is 1. The molecule has 0 atom stereocenters. The Morgan fingerprint density at radius 3 is 2.71 bits per heavy atom. The van der Waals surface area contributed by atoms with Gasteiger partial charge in [-0.1, -0.05) is 6.42 Å². The van der Waals surface area contributed by atoms with Crippen LogP contribution >= 0.6 is 0 Å². The van der Waals surface area contributed by atoms with Crippen LogP contribution in [0.4, 0.5) is 5.69 Å². The van der Waals surface area contributed by atoms with Gasteiger partial charge in [-0.25, -0.2) is 4.68 Å². The van der Waals surface area contributed by atoms with Gasteiger partial charge in [0.05, 0.1) is 25.1 Å². The van der Waals surface area contributed by atoms with E-state index in [1.165, 1.54) is 4.68 Å². The quantitative estimate of drug-likeness (QED) is 0.746. The molecular formula is C14H21N3O4. The normalized spacial score (nSPS) is 15.1.